The van der Waals surface area contributed by atoms with Gasteiger partial charge >= 0.3 is 22.1 Å². The van der Waals surface area contributed by atoms with Gasteiger partial charge in [0.15, 0.2) is 0 Å². The predicted octanol–water partition coefficient (Wildman–Crippen LogP) is 14.9. The van der Waals surface area contributed by atoms with Gasteiger partial charge in [-0.1, -0.05) is 108 Å². The number of nitrogens with zero attached hydrogens (tertiary/aromatic N) is 2. The molecule has 0 saturated carbocycles. The highest BCUT2D eigenvalue weighted by atomic mass is 35.5. The Bertz CT molecular complexity index is 3560. The number of nitro groups is 1. The van der Waals surface area contributed by atoms with E-state index in [0.717, 1.165) is 24.5 Å². The highest BCUT2D eigenvalue weighted by Gasteiger charge is 2.33. The summed E-state index contributed by atoms with van der Waals surface area (Å²) in [5, 5.41) is 12.3. The van der Waals surface area contributed by atoms with Gasteiger partial charge in [-0.2, -0.15) is 8.42 Å². The summed E-state index contributed by atoms with van der Waals surface area (Å²) in [4.78, 5) is 48.6. The minimum Gasteiger partial charge on any atom is -0.492 e. The van der Waals surface area contributed by atoms with E-state index in [9.17, 15) is 41.3 Å². The number of fused-ring (bicyclic) bond motifs is 1. The molecule has 1 atom stereocenters. The SMILES string of the molecule is CC(C)OP(=S)(OC(C)C)SCCNS(=O)(=O)c1ccccc1.CCOC(=O)C(C)N(C(=O)c1ccccc1)c1ccc(Cl)c(Cl)c1.CCS(=O)(=O)Oc1ccc2c(c1)C(C)(C)CO2.COC(=O)c1cc(Oc2ccc(Cl)cc2Cl)ccc1[N+](=O)[O-]. The molecule has 0 spiro atoms. The molecule has 0 bridgehead atoms. The van der Waals surface area contributed by atoms with Crippen molar-refractivity contribution in [3.63, 3.8) is 0 Å². The van der Waals surface area contributed by atoms with Crippen LogP contribution in [0.1, 0.15) is 88.6 Å². The van der Waals surface area contributed by atoms with Gasteiger partial charge in [0.2, 0.25) is 15.7 Å². The van der Waals surface area contributed by atoms with E-state index < -0.39 is 48.7 Å². The molecule has 1 aliphatic rings. The normalized spacial score (nSPS) is 12.7. The average molecular weight is 1360 g/mol. The number of nitrogens with one attached hydrogen (secondary N) is 1. The van der Waals surface area contributed by atoms with Gasteiger partial charge in [0.1, 0.15) is 34.6 Å². The first-order chi connectivity index (χ1) is 40.4. The molecule has 6 aromatic rings. The molecule has 0 fully saturated rings. The van der Waals surface area contributed by atoms with Crippen LogP contribution in [0.15, 0.2) is 138 Å². The second-order valence-corrected chi connectivity index (χ2v) is 30.9. The zero-order valence-corrected chi connectivity index (χ0v) is 55.7. The van der Waals surface area contributed by atoms with E-state index in [0.29, 0.717) is 50.2 Å². The highest BCUT2D eigenvalue weighted by molar-refractivity contribution is 8.67. The Labute approximate surface area is 531 Å². The summed E-state index contributed by atoms with van der Waals surface area (Å²) in [6, 6.07) is 34.4. The number of ether oxygens (including phenoxy) is 4. The second kappa shape index (κ2) is 33.7. The van der Waals surface area contributed by atoms with Gasteiger partial charge in [-0.3, -0.25) is 19.8 Å². The fourth-order valence-electron chi connectivity index (χ4n) is 7.31. The van der Waals surface area contributed by atoms with Crippen LogP contribution in [0.25, 0.3) is 0 Å². The van der Waals surface area contributed by atoms with E-state index >= 15 is 0 Å². The first-order valence-electron chi connectivity index (χ1n) is 26.2. The van der Waals surface area contributed by atoms with Crippen LogP contribution < -0.4 is 23.3 Å². The van der Waals surface area contributed by atoms with Gasteiger partial charge in [-0.15, -0.1) is 0 Å². The molecule has 86 heavy (non-hydrogen) atoms. The first kappa shape index (κ1) is 72.9. The Kier molecular flexibility index (Phi) is 28.6. The molecule has 1 N–H and O–H groups in total. The fraction of sp³-hybridized carbons (Fsp3) is 0.328. The Morgan fingerprint density at radius 1 is 0.791 bits per heavy atom. The number of methoxy groups -OCH3 is 1. The molecule has 28 heteroatoms. The van der Waals surface area contributed by atoms with E-state index in [4.69, 9.17) is 85.7 Å². The second-order valence-electron chi connectivity index (χ2n) is 19.2. The van der Waals surface area contributed by atoms with Crippen molar-refractivity contribution in [2.45, 2.75) is 90.9 Å². The number of esters is 2. The maximum atomic E-state index is 12.9. The number of hydrogen-bond acceptors (Lipinski definition) is 18. The maximum Gasteiger partial charge on any atom is 0.345 e. The highest BCUT2D eigenvalue weighted by Crippen LogP contribution is 2.62. The van der Waals surface area contributed by atoms with Crippen molar-refractivity contribution in [1.82, 2.24) is 4.72 Å². The summed E-state index contributed by atoms with van der Waals surface area (Å²) < 4.78 is 86.7. The summed E-state index contributed by atoms with van der Waals surface area (Å²) >= 11 is 30.7. The molecular formula is C58H66Cl4N3O16PS4. The van der Waals surface area contributed by atoms with Crippen molar-refractivity contribution >= 4 is 125 Å². The third-order valence-corrected chi connectivity index (χ3v) is 20.8. The number of hydrogen-bond donors (Lipinski definition) is 1. The third-order valence-electron chi connectivity index (χ3n) is 11.3. The largest absolute Gasteiger partial charge is 0.492 e. The summed E-state index contributed by atoms with van der Waals surface area (Å²) in [6.45, 7) is 17.7. The molecular weight excluding hydrogens is 1300 g/mol. The standard InChI is InChI=1S/C18H17Cl2NO3.C14H9Cl2NO5.C14H24NO4PS3.C12H16O4S/c1-3-24-18(23)12(2)21(14-9-10-15(19)16(20)11-14)17(22)13-7-5-4-6-8-13;1-21-14(18)10-7-9(3-4-12(10)17(19)20)22-13-5-2-8(15)6-11(13)16;1-12(2)18-20(21,19-13(3)4)22-11-10-15-23(16,17)14-8-6-5-7-9-14;1-4-17(13,14)16-9-5-6-11-10(7-9)12(2,3)8-15-11/h4-12H,3H2,1-2H3;2-7H,1H3;5-9,12-13,15H,10-11H2,1-4H3;5-7H,4,8H2,1-3H3. The molecule has 0 aromatic heterocycles. The topological polar surface area (TPSA) is 243 Å². The summed E-state index contributed by atoms with van der Waals surface area (Å²) in [5.41, 5.74) is -1.25. The number of nitro benzene ring substituents is 1. The molecule has 19 nitrogen and oxygen atoms in total. The molecule has 1 heterocycles. The minimum absolute atomic E-state index is 0.0342. The lowest BCUT2D eigenvalue weighted by atomic mass is 9.87. The lowest BCUT2D eigenvalue weighted by Gasteiger charge is -2.28. The van der Waals surface area contributed by atoms with Crippen LogP contribution in [0.2, 0.25) is 20.1 Å². The van der Waals surface area contributed by atoms with Gasteiger partial charge in [0.25, 0.3) is 11.6 Å². The number of carbonyl (C=O) groups excluding carboxylic acids is 3. The van der Waals surface area contributed by atoms with Crippen molar-refractivity contribution in [3.8, 4) is 23.0 Å². The first-order valence-corrected chi connectivity index (χ1v) is 35.0. The zero-order valence-electron chi connectivity index (χ0n) is 48.5. The van der Waals surface area contributed by atoms with E-state index in [-0.39, 0.29) is 69.4 Å². The fourth-order valence-corrected chi connectivity index (χ4v) is 15.4. The maximum absolute atomic E-state index is 12.9. The Balaban J connectivity index is 0.000000247. The zero-order chi connectivity index (χ0) is 64.2. The smallest absolute Gasteiger partial charge is 0.345 e. The minimum atomic E-state index is -3.49. The van der Waals surface area contributed by atoms with Crippen LogP contribution >= 0.6 is 63.5 Å². The van der Waals surface area contributed by atoms with Gasteiger partial charge in [-0.25, -0.2) is 22.7 Å². The summed E-state index contributed by atoms with van der Waals surface area (Å²) in [7, 11) is -5.82. The van der Waals surface area contributed by atoms with Crippen molar-refractivity contribution in [3.05, 3.63) is 180 Å². The molecule has 0 saturated heterocycles. The van der Waals surface area contributed by atoms with Gasteiger partial charge < -0.3 is 32.2 Å². The number of sulfonamides is 1. The molecule has 6 aromatic carbocycles. The number of benzene rings is 6. The Morgan fingerprint density at radius 3 is 1.97 bits per heavy atom. The van der Waals surface area contributed by atoms with Crippen LogP contribution in [0, 0.1) is 10.1 Å². The molecule has 7 rings (SSSR count). The van der Waals surface area contributed by atoms with E-state index in [1.54, 1.807) is 124 Å². The van der Waals surface area contributed by atoms with E-state index in [1.807, 2.05) is 33.8 Å². The van der Waals surface area contributed by atoms with Crippen LogP contribution in [-0.2, 0) is 60.7 Å². The Morgan fingerprint density at radius 2 is 1.41 bits per heavy atom. The van der Waals surface area contributed by atoms with Crippen LogP contribution in [-0.4, -0.2) is 96.2 Å². The van der Waals surface area contributed by atoms with Crippen molar-refractivity contribution in [1.29, 1.82) is 0 Å². The van der Waals surface area contributed by atoms with Crippen LogP contribution in [0.4, 0.5) is 11.4 Å². The monoisotopic (exact) mass is 1360 g/mol. The van der Waals surface area contributed by atoms with E-state index in [2.05, 4.69) is 23.3 Å². The molecule has 1 unspecified atom stereocenters. The van der Waals surface area contributed by atoms with Gasteiger partial charge in [0, 0.05) is 51.7 Å². The Hall–Kier alpha value is -5.53. The molecule has 466 valence electrons. The molecule has 1 aliphatic heterocycles. The average Bonchev–Trinajstić information content (AvgIpc) is 2.22. The molecule has 0 radical (unpaired) electrons. The number of carbonyl (C=O) groups is 3. The van der Waals surface area contributed by atoms with Gasteiger partial charge in [0.05, 0.1) is 63.2 Å². The quantitative estimate of drug-likeness (QED) is 0.0166. The number of anilines is 1. The van der Waals surface area contributed by atoms with Crippen LogP contribution in [0.3, 0.4) is 0 Å². The summed E-state index contributed by atoms with van der Waals surface area (Å²) in [6.07, 6.45) is -0.0683. The van der Waals surface area contributed by atoms with Gasteiger partial charge in [-0.05, 0) is 145 Å². The predicted molar refractivity (Wildman–Crippen MR) is 343 cm³/mol. The summed E-state index contributed by atoms with van der Waals surface area (Å²) in [5.74, 6) is 0.459. The van der Waals surface area contributed by atoms with Crippen molar-refractivity contribution in [2.75, 3.05) is 43.3 Å². The van der Waals surface area contributed by atoms with Crippen molar-refractivity contribution < 1.29 is 68.3 Å². The number of amides is 1. The van der Waals surface area contributed by atoms with Crippen molar-refractivity contribution in [2.24, 2.45) is 0 Å². The van der Waals surface area contributed by atoms with E-state index in [1.165, 1.54) is 34.5 Å². The van der Waals surface area contributed by atoms with Crippen LogP contribution in [0.5, 0.6) is 23.0 Å². The number of halogens is 4. The lowest BCUT2D eigenvalue weighted by Crippen LogP contribution is -2.44. The molecule has 1 amide bonds. The third kappa shape index (κ3) is 22.6. The number of rotatable bonds is 22. The lowest BCUT2D eigenvalue weighted by molar-refractivity contribution is -0.385. The molecule has 0 aliphatic carbocycles.